The minimum atomic E-state index is -1.01. The minimum Gasteiger partial charge on any atom is -0.396 e. The maximum absolute atomic E-state index is 13.6. The summed E-state index contributed by atoms with van der Waals surface area (Å²) in [5, 5.41) is 15.4. The van der Waals surface area contributed by atoms with E-state index in [-0.39, 0.29) is 42.8 Å². The van der Waals surface area contributed by atoms with Crippen molar-refractivity contribution in [1.82, 2.24) is 15.5 Å². The molecule has 3 aliphatic heterocycles. The molecule has 0 aromatic rings. The first kappa shape index (κ1) is 24.0. The maximum Gasteiger partial charge on any atom is 0.246 e. The zero-order chi connectivity index (χ0) is 23.0. The van der Waals surface area contributed by atoms with Crippen LogP contribution in [0.3, 0.4) is 0 Å². The van der Waals surface area contributed by atoms with Crippen molar-refractivity contribution >= 4 is 17.7 Å². The lowest BCUT2D eigenvalue weighted by atomic mass is 9.62. The van der Waals surface area contributed by atoms with Crippen LogP contribution in [0.2, 0.25) is 0 Å². The van der Waals surface area contributed by atoms with Gasteiger partial charge in [0.15, 0.2) is 0 Å². The van der Waals surface area contributed by atoms with Crippen LogP contribution in [0.5, 0.6) is 0 Å². The molecule has 4 unspecified atom stereocenters. The number of nitrogens with zero attached hydrogens (tertiary/aromatic N) is 1. The number of aliphatic hydroxyl groups excluding tert-OH is 1. The highest BCUT2D eigenvalue weighted by atomic mass is 16.5. The molecular formula is C23H39N3O5. The molecule has 2 bridgehead atoms. The molecule has 3 aliphatic rings. The highest BCUT2D eigenvalue weighted by Gasteiger charge is 2.79. The minimum absolute atomic E-state index is 0.0157. The largest absolute Gasteiger partial charge is 0.396 e. The number of likely N-dealkylation sites (tertiary alicyclic amines) is 1. The van der Waals surface area contributed by atoms with Crippen LogP contribution in [-0.4, -0.2) is 70.7 Å². The Morgan fingerprint density at radius 3 is 2.61 bits per heavy atom. The number of carbonyl (C=O) groups is 3. The molecule has 0 aliphatic carbocycles. The fraction of sp³-hybridized carbons (Fsp3) is 0.870. The van der Waals surface area contributed by atoms with Gasteiger partial charge < -0.3 is 25.4 Å². The van der Waals surface area contributed by atoms with E-state index in [2.05, 4.69) is 17.6 Å². The topological polar surface area (TPSA) is 108 Å². The Morgan fingerprint density at radius 2 is 2.00 bits per heavy atom. The Kier molecular flexibility index (Phi) is 7.01. The third-order valence-corrected chi connectivity index (χ3v) is 7.56. The average Bonchev–Trinajstić information content (AvgIpc) is 3.21. The average molecular weight is 438 g/mol. The second kappa shape index (κ2) is 9.06. The smallest absolute Gasteiger partial charge is 0.246 e. The summed E-state index contributed by atoms with van der Waals surface area (Å²) in [4.78, 5) is 41.9. The Morgan fingerprint density at radius 1 is 1.29 bits per heavy atom. The van der Waals surface area contributed by atoms with Crippen LogP contribution in [0.1, 0.15) is 66.7 Å². The van der Waals surface area contributed by atoms with Crippen LogP contribution < -0.4 is 10.6 Å². The summed E-state index contributed by atoms with van der Waals surface area (Å²) in [6, 6.07) is -0.804. The van der Waals surface area contributed by atoms with Gasteiger partial charge in [0.25, 0.3) is 0 Å². The van der Waals surface area contributed by atoms with E-state index in [4.69, 9.17) is 4.74 Å². The van der Waals surface area contributed by atoms with Gasteiger partial charge in [-0.1, -0.05) is 27.2 Å². The van der Waals surface area contributed by atoms with Crippen LogP contribution in [0.4, 0.5) is 0 Å². The highest BCUT2D eigenvalue weighted by molar-refractivity contribution is 5.99. The van der Waals surface area contributed by atoms with Crippen molar-refractivity contribution in [3.63, 3.8) is 0 Å². The van der Waals surface area contributed by atoms with Crippen LogP contribution in [-0.2, 0) is 19.1 Å². The van der Waals surface area contributed by atoms with E-state index < -0.39 is 29.1 Å². The van der Waals surface area contributed by atoms with E-state index in [0.717, 1.165) is 19.3 Å². The van der Waals surface area contributed by atoms with Crippen LogP contribution in [0.25, 0.3) is 0 Å². The Balaban J connectivity index is 2.00. The Bertz CT molecular complexity index is 715. The summed E-state index contributed by atoms with van der Waals surface area (Å²) in [6.07, 6.45) is 3.53. The van der Waals surface area contributed by atoms with E-state index in [9.17, 15) is 19.5 Å². The number of ether oxygens (including phenoxy) is 1. The lowest BCUT2D eigenvalue weighted by Crippen LogP contribution is -2.57. The first-order valence-corrected chi connectivity index (χ1v) is 11.9. The molecule has 7 atom stereocenters. The molecular weight excluding hydrogens is 398 g/mol. The quantitative estimate of drug-likeness (QED) is 0.476. The zero-order valence-corrected chi connectivity index (χ0v) is 19.6. The summed E-state index contributed by atoms with van der Waals surface area (Å²) in [7, 11) is 0. The van der Waals surface area contributed by atoms with Gasteiger partial charge in [-0.3, -0.25) is 14.4 Å². The normalized spacial score (nSPS) is 37.1. The first-order valence-electron chi connectivity index (χ1n) is 11.9. The SMILES string of the molecule is CCCNC(=O)[C@H]1[C@H]2C(=O)N(CCCO)C(C(=O)NC(C)CCC)C23CC(C)[C@]1(C)O3. The molecule has 0 aromatic carbocycles. The summed E-state index contributed by atoms with van der Waals surface area (Å²) in [5.74, 6) is -1.86. The summed E-state index contributed by atoms with van der Waals surface area (Å²) in [5.41, 5.74) is -1.79. The van der Waals surface area contributed by atoms with Crippen LogP contribution >= 0.6 is 0 Å². The number of fused-ring (bicyclic) bond motifs is 1. The van der Waals surface area contributed by atoms with Gasteiger partial charge in [0, 0.05) is 25.7 Å². The van der Waals surface area contributed by atoms with Crippen molar-refractivity contribution in [2.45, 2.75) is 90.0 Å². The molecule has 31 heavy (non-hydrogen) atoms. The summed E-state index contributed by atoms with van der Waals surface area (Å²) < 4.78 is 6.61. The molecule has 0 radical (unpaired) electrons. The second-order valence-corrected chi connectivity index (χ2v) is 9.80. The van der Waals surface area contributed by atoms with Crippen molar-refractivity contribution in [2.24, 2.45) is 17.8 Å². The molecule has 3 saturated heterocycles. The molecule has 176 valence electrons. The monoisotopic (exact) mass is 437 g/mol. The van der Waals surface area contributed by atoms with Gasteiger partial charge in [-0.2, -0.15) is 0 Å². The number of hydrogen-bond donors (Lipinski definition) is 3. The van der Waals surface area contributed by atoms with E-state index in [0.29, 0.717) is 19.4 Å². The third kappa shape index (κ3) is 3.75. The number of carbonyl (C=O) groups excluding carboxylic acids is 3. The predicted molar refractivity (Wildman–Crippen MR) is 116 cm³/mol. The molecule has 8 nitrogen and oxygen atoms in total. The van der Waals surface area contributed by atoms with Gasteiger partial charge in [-0.15, -0.1) is 0 Å². The summed E-state index contributed by atoms with van der Waals surface area (Å²) >= 11 is 0. The third-order valence-electron chi connectivity index (χ3n) is 7.56. The van der Waals surface area contributed by atoms with Crippen molar-refractivity contribution in [2.75, 3.05) is 19.7 Å². The lowest BCUT2D eigenvalue weighted by molar-refractivity contribution is -0.147. The van der Waals surface area contributed by atoms with E-state index in [1.807, 2.05) is 27.7 Å². The number of hydrogen-bond acceptors (Lipinski definition) is 5. The number of amides is 3. The standard InChI is InChI=1S/C23H39N3O5/c1-6-9-15(4)25-20(29)18-23-13-14(3)22(5,31-23)16(19(28)24-10-7-2)17(23)21(30)26(18)11-8-12-27/h14-18,27H,6-13H2,1-5H3,(H,24,28)(H,25,29)/t14?,15?,16-,17+,18?,22+,23?/m1/s1. The number of nitrogens with one attached hydrogen (secondary N) is 2. The molecule has 8 heteroatoms. The van der Waals surface area contributed by atoms with Crippen LogP contribution in [0.15, 0.2) is 0 Å². The van der Waals surface area contributed by atoms with Gasteiger partial charge >= 0.3 is 0 Å². The van der Waals surface area contributed by atoms with E-state index in [1.165, 1.54) is 0 Å². The molecule has 3 heterocycles. The van der Waals surface area contributed by atoms with Crippen molar-refractivity contribution in [3.05, 3.63) is 0 Å². The maximum atomic E-state index is 13.6. The van der Waals surface area contributed by atoms with Gasteiger partial charge in [-0.05, 0) is 45.4 Å². The van der Waals surface area contributed by atoms with Gasteiger partial charge in [0.05, 0.1) is 17.4 Å². The van der Waals surface area contributed by atoms with Crippen molar-refractivity contribution < 1.29 is 24.2 Å². The molecule has 1 spiro atoms. The molecule has 3 fully saturated rings. The summed E-state index contributed by atoms with van der Waals surface area (Å²) in [6.45, 7) is 10.7. The van der Waals surface area contributed by atoms with Gasteiger partial charge in [-0.25, -0.2) is 0 Å². The van der Waals surface area contributed by atoms with Crippen LogP contribution in [0, 0.1) is 17.8 Å². The molecule has 3 N–H and O–H groups in total. The number of rotatable bonds is 10. The predicted octanol–water partition coefficient (Wildman–Crippen LogP) is 1.21. The van der Waals surface area contributed by atoms with Gasteiger partial charge in [0.2, 0.25) is 17.7 Å². The Hall–Kier alpha value is -1.67. The fourth-order valence-electron chi connectivity index (χ4n) is 6.11. The molecule has 0 saturated carbocycles. The molecule has 3 rings (SSSR count). The zero-order valence-electron chi connectivity index (χ0n) is 19.6. The van der Waals surface area contributed by atoms with E-state index >= 15 is 0 Å². The lowest BCUT2D eigenvalue weighted by Gasteiger charge is -2.36. The van der Waals surface area contributed by atoms with Crippen molar-refractivity contribution in [3.8, 4) is 0 Å². The first-order chi connectivity index (χ1) is 14.7. The fourth-order valence-corrected chi connectivity index (χ4v) is 6.11. The van der Waals surface area contributed by atoms with Gasteiger partial charge in [0.1, 0.15) is 11.6 Å². The molecule has 3 amide bonds. The van der Waals surface area contributed by atoms with E-state index in [1.54, 1.807) is 4.90 Å². The highest BCUT2D eigenvalue weighted by Crippen LogP contribution is 2.65. The second-order valence-electron chi connectivity index (χ2n) is 9.80. The Labute approximate surface area is 185 Å². The molecule has 0 aromatic heterocycles. The van der Waals surface area contributed by atoms with Crippen molar-refractivity contribution in [1.29, 1.82) is 0 Å². The number of aliphatic hydroxyl groups is 1.